The lowest BCUT2D eigenvalue weighted by Crippen LogP contribution is -2.48. The van der Waals surface area contributed by atoms with Crippen LogP contribution in [0.3, 0.4) is 0 Å². The van der Waals surface area contributed by atoms with Crippen LogP contribution in [0.4, 0.5) is 0 Å². The van der Waals surface area contributed by atoms with E-state index in [1.807, 2.05) is 13.8 Å². The molecule has 1 rings (SSSR count). The van der Waals surface area contributed by atoms with Crippen molar-refractivity contribution in [1.82, 2.24) is 15.1 Å². The predicted molar refractivity (Wildman–Crippen MR) is 90.2 cm³/mol. The third kappa shape index (κ3) is 7.19. The van der Waals surface area contributed by atoms with E-state index >= 15 is 0 Å². The van der Waals surface area contributed by atoms with Gasteiger partial charge in [0.1, 0.15) is 0 Å². The van der Waals surface area contributed by atoms with Gasteiger partial charge in [0.2, 0.25) is 5.91 Å². The molecule has 0 bridgehead atoms. The molecule has 0 aliphatic carbocycles. The van der Waals surface area contributed by atoms with Crippen LogP contribution in [0.2, 0.25) is 0 Å². The maximum absolute atomic E-state index is 11.3. The second kappa shape index (κ2) is 9.92. The molecule has 1 heterocycles. The fourth-order valence-electron chi connectivity index (χ4n) is 2.09. The molecular weight excluding hydrogens is 369 g/mol. The monoisotopic (exact) mass is 397 g/mol. The molecule has 0 aromatic rings. The van der Waals surface area contributed by atoms with Crippen LogP contribution in [0.1, 0.15) is 20.8 Å². The number of carbonyl (C=O) groups is 1. The molecular formula is C14H28IN3O2. The molecule has 0 radical (unpaired) electrons. The summed E-state index contributed by atoms with van der Waals surface area (Å²) >= 11 is 2.47. The van der Waals surface area contributed by atoms with Crippen LogP contribution in [-0.4, -0.2) is 72.2 Å². The Balaban J connectivity index is 1.96. The summed E-state index contributed by atoms with van der Waals surface area (Å²) in [4.78, 5) is 16.3. The van der Waals surface area contributed by atoms with Crippen molar-refractivity contribution in [3.05, 3.63) is 0 Å². The van der Waals surface area contributed by atoms with Crippen molar-refractivity contribution in [2.75, 3.05) is 52.5 Å². The van der Waals surface area contributed by atoms with Crippen LogP contribution in [0.5, 0.6) is 0 Å². The first-order chi connectivity index (χ1) is 9.50. The third-order valence-electron chi connectivity index (χ3n) is 3.53. The summed E-state index contributed by atoms with van der Waals surface area (Å²) in [5.41, 5.74) is 0. The van der Waals surface area contributed by atoms with Crippen molar-refractivity contribution >= 4 is 28.5 Å². The number of amides is 1. The smallest absolute Gasteiger partial charge is 0.222 e. The third-order valence-corrected chi connectivity index (χ3v) is 4.32. The molecule has 1 unspecified atom stereocenters. The molecule has 1 aliphatic rings. The van der Waals surface area contributed by atoms with Crippen LogP contribution in [-0.2, 0) is 9.53 Å². The summed E-state index contributed by atoms with van der Waals surface area (Å²) in [6.07, 6.45) is 0. The fourth-order valence-corrected chi connectivity index (χ4v) is 2.65. The van der Waals surface area contributed by atoms with Crippen molar-refractivity contribution in [3.63, 3.8) is 0 Å². The average molecular weight is 397 g/mol. The van der Waals surface area contributed by atoms with Crippen LogP contribution in [0, 0.1) is 5.92 Å². The highest BCUT2D eigenvalue weighted by Gasteiger charge is 2.18. The van der Waals surface area contributed by atoms with Gasteiger partial charge in [-0.2, -0.15) is 0 Å². The summed E-state index contributed by atoms with van der Waals surface area (Å²) in [6, 6.07) is 0. The molecule has 1 N–H and O–H groups in total. The van der Waals surface area contributed by atoms with Gasteiger partial charge in [0.05, 0.1) is 17.3 Å². The second-order valence-corrected chi connectivity index (χ2v) is 7.31. The first kappa shape index (κ1) is 18.1. The van der Waals surface area contributed by atoms with Crippen molar-refractivity contribution in [2.45, 2.75) is 24.8 Å². The van der Waals surface area contributed by atoms with Crippen LogP contribution in [0.25, 0.3) is 0 Å². The number of rotatable bonds is 8. The Morgan fingerprint density at radius 1 is 1.20 bits per heavy atom. The topological polar surface area (TPSA) is 44.8 Å². The van der Waals surface area contributed by atoms with E-state index in [1.165, 1.54) is 0 Å². The minimum Gasteiger partial charge on any atom is -0.378 e. The van der Waals surface area contributed by atoms with Gasteiger partial charge in [-0.1, -0.05) is 36.4 Å². The van der Waals surface area contributed by atoms with E-state index in [2.05, 4.69) is 44.6 Å². The van der Waals surface area contributed by atoms with Crippen molar-refractivity contribution in [1.29, 1.82) is 0 Å². The number of nitrogens with one attached hydrogen (secondary N) is 1. The second-order valence-electron chi connectivity index (χ2n) is 5.51. The van der Waals surface area contributed by atoms with Gasteiger partial charge in [-0.25, -0.2) is 0 Å². The zero-order chi connectivity index (χ0) is 15.0. The first-order valence-corrected chi connectivity index (χ1v) is 8.71. The molecule has 118 valence electrons. The molecule has 0 aromatic heterocycles. The number of ether oxygens (including phenoxy) is 1. The number of nitrogens with zero attached hydrogens (tertiary/aromatic N) is 2. The van der Waals surface area contributed by atoms with E-state index in [9.17, 15) is 4.79 Å². The zero-order valence-corrected chi connectivity index (χ0v) is 15.1. The van der Waals surface area contributed by atoms with Gasteiger partial charge in [0.15, 0.2) is 0 Å². The minimum atomic E-state index is 0.0478. The van der Waals surface area contributed by atoms with Gasteiger partial charge in [0.25, 0.3) is 0 Å². The lowest BCUT2D eigenvalue weighted by Gasteiger charge is -2.36. The normalized spacial score (nSPS) is 19.2. The molecule has 1 saturated heterocycles. The van der Waals surface area contributed by atoms with E-state index in [4.69, 9.17) is 4.74 Å². The molecule has 1 aliphatic heterocycles. The largest absolute Gasteiger partial charge is 0.378 e. The predicted octanol–water partition coefficient (Wildman–Crippen LogP) is 1.17. The quantitative estimate of drug-likeness (QED) is 0.289. The highest BCUT2D eigenvalue weighted by atomic mass is 127. The minimum absolute atomic E-state index is 0.0478. The Kier molecular flexibility index (Phi) is 8.99. The summed E-state index contributed by atoms with van der Waals surface area (Å²) in [7, 11) is 0. The van der Waals surface area contributed by atoms with E-state index < -0.39 is 0 Å². The molecule has 1 fully saturated rings. The average Bonchev–Trinajstić information content (AvgIpc) is 2.42. The van der Waals surface area contributed by atoms with Gasteiger partial charge < -0.3 is 10.1 Å². The summed E-state index contributed by atoms with van der Waals surface area (Å²) in [5, 5.41) is 2.85. The lowest BCUT2D eigenvalue weighted by molar-refractivity contribution is -0.124. The SMILES string of the molecule is CC(C)C(=O)NCCOCCN1CCN(C(C)I)CC1. The van der Waals surface area contributed by atoms with Crippen LogP contribution >= 0.6 is 22.6 Å². The Morgan fingerprint density at radius 3 is 2.40 bits per heavy atom. The lowest BCUT2D eigenvalue weighted by atomic mass is 10.2. The fraction of sp³-hybridized carbons (Fsp3) is 0.929. The van der Waals surface area contributed by atoms with E-state index in [0.717, 1.165) is 39.3 Å². The number of halogens is 1. The standard InChI is InChI=1S/C14H28IN3O2/c1-12(2)14(19)16-4-10-20-11-9-17-5-7-18(8-6-17)13(3)15/h12-13H,4-11H2,1-3H3,(H,16,19). The number of piperazine rings is 1. The zero-order valence-electron chi connectivity index (χ0n) is 12.9. The Bertz CT molecular complexity index is 280. The van der Waals surface area contributed by atoms with E-state index in [0.29, 0.717) is 17.2 Å². The highest BCUT2D eigenvalue weighted by Crippen LogP contribution is 2.10. The highest BCUT2D eigenvalue weighted by molar-refractivity contribution is 14.1. The Hall–Kier alpha value is 0.0800. The van der Waals surface area contributed by atoms with Gasteiger partial charge in [-0.05, 0) is 6.92 Å². The van der Waals surface area contributed by atoms with Gasteiger partial charge >= 0.3 is 0 Å². The molecule has 20 heavy (non-hydrogen) atoms. The van der Waals surface area contributed by atoms with Crippen LogP contribution < -0.4 is 5.32 Å². The first-order valence-electron chi connectivity index (χ1n) is 7.46. The maximum atomic E-state index is 11.3. The van der Waals surface area contributed by atoms with Crippen LogP contribution in [0.15, 0.2) is 0 Å². The number of alkyl halides is 1. The van der Waals surface area contributed by atoms with Gasteiger partial charge in [-0.15, -0.1) is 0 Å². The molecule has 0 spiro atoms. The number of hydrogen-bond donors (Lipinski definition) is 1. The Morgan fingerprint density at radius 2 is 1.85 bits per heavy atom. The molecule has 1 atom stereocenters. The van der Waals surface area contributed by atoms with Gasteiger partial charge in [0, 0.05) is 45.2 Å². The maximum Gasteiger partial charge on any atom is 0.222 e. The molecule has 0 saturated carbocycles. The van der Waals surface area contributed by atoms with Crippen molar-refractivity contribution in [3.8, 4) is 0 Å². The van der Waals surface area contributed by atoms with Crippen molar-refractivity contribution in [2.24, 2.45) is 5.92 Å². The molecule has 0 aromatic carbocycles. The van der Waals surface area contributed by atoms with E-state index in [1.54, 1.807) is 0 Å². The van der Waals surface area contributed by atoms with Crippen molar-refractivity contribution < 1.29 is 9.53 Å². The van der Waals surface area contributed by atoms with Gasteiger partial charge in [-0.3, -0.25) is 14.6 Å². The summed E-state index contributed by atoms with van der Waals surface area (Å²) in [6.45, 7) is 13.5. The molecule has 5 nitrogen and oxygen atoms in total. The Labute approximate surface area is 136 Å². The molecule has 6 heteroatoms. The molecule has 1 amide bonds. The van der Waals surface area contributed by atoms with E-state index in [-0.39, 0.29) is 11.8 Å². The number of hydrogen-bond acceptors (Lipinski definition) is 4. The summed E-state index contributed by atoms with van der Waals surface area (Å²) in [5.74, 6) is 0.143. The summed E-state index contributed by atoms with van der Waals surface area (Å²) < 4.78 is 6.19. The number of carbonyl (C=O) groups excluding carboxylic acids is 1.